The quantitative estimate of drug-likeness (QED) is 0.166. The number of nitrogens with zero attached hydrogens (tertiary/aromatic N) is 3. The van der Waals surface area contributed by atoms with Crippen molar-refractivity contribution in [3.05, 3.63) is 235 Å². The molecule has 0 N–H and O–H groups in total. The topological polar surface area (TPSA) is 38.7 Å². The van der Waals surface area contributed by atoms with Crippen LogP contribution in [0.4, 0.5) is 0 Å². The van der Waals surface area contributed by atoms with Gasteiger partial charge in [0, 0.05) is 29.1 Å². The lowest BCUT2D eigenvalue weighted by molar-refractivity contribution is 0.769. The molecule has 7 aromatic carbocycles. The molecule has 0 bridgehead atoms. The molecule has 0 amide bonds. The molecule has 0 saturated carbocycles. The van der Waals surface area contributed by atoms with Gasteiger partial charge in [0.25, 0.3) is 0 Å². The zero-order valence-corrected chi connectivity index (χ0v) is 30.0. The van der Waals surface area contributed by atoms with Crippen molar-refractivity contribution in [3.8, 4) is 67.3 Å². The number of hydrogen-bond donors (Lipinski definition) is 0. The molecule has 258 valence electrons. The van der Waals surface area contributed by atoms with Crippen LogP contribution in [-0.4, -0.2) is 15.0 Å². The highest BCUT2D eigenvalue weighted by molar-refractivity contribution is 5.89. The van der Waals surface area contributed by atoms with E-state index in [1.54, 1.807) is 6.20 Å². The van der Waals surface area contributed by atoms with Crippen LogP contribution in [0.2, 0.25) is 0 Å². The summed E-state index contributed by atoms with van der Waals surface area (Å²) < 4.78 is 0. The molecule has 3 heteroatoms. The molecule has 0 atom stereocenters. The second-order valence-electron chi connectivity index (χ2n) is 14.0. The molecule has 9 aromatic rings. The second-order valence-corrected chi connectivity index (χ2v) is 14.0. The summed E-state index contributed by atoms with van der Waals surface area (Å²) in [6.45, 7) is 0. The fourth-order valence-corrected chi connectivity index (χ4v) is 8.31. The van der Waals surface area contributed by atoms with Gasteiger partial charge in [-0.25, -0.2) is 9.97 Å². The van der Waals surface area contributed by atoms with E-state index in [9.17, 15) is 0 Å². The molecular formula is C52H35N3. The number of aromatic nitrogens is 3. The highest BCUT2D eigenvalue weighted by Gasteiger charge is 2.46. The monoisotopic (exact) mass is 701 g/mol. The molecule has 10 rings (SSSR count). The number of benzene rings is 7. The number of hydrogen-bond acceptors (Lipinski definition) is 3. The first kappa shape index (κ1) is 32.4. The van der Waals surface area contributed by atoms with Crippen molar-refractivity contribution in [1.29, 1.82) is 0 Å². The summed E-state index contributed by atoms with van der Waals surface area (Å²) >= 11 is 0. The van der Waals surface area contributed by atoms with Crippen LogP contribution in [0, 0.1) is 0 Å². The van der Waals surface area contributed by atoms with Crippen molar-refractivity contribution < 1.29 is 0 Å². The largest absolute Gasteiger partial charge is 0.264 e. The normalized spacial score (nSPS) is 12.5. The molecule has 0 spiro atoms. The number of pyridine rings is 1. The minimum atomic E-state index is -0.460. The van der Waals surface area contributed by atoms with E-state index in [2.05, 4.69) is 187 Å². The maximum atomic E-state index is 5.19. The van der Waals surface area contributed by atoms with Gasteiger partial charge in [-0.3, -0.25) is 4.98 Å². The summed E-state index contributed by atoms with van der Waals surface area (Å²) in [5.74, 6) is 0.673. The van der Waals surface area contributed by atoms with Crippen molar-refractivity contribution >= 4 is 0 Å². The van der Waals surface area contributed by atoms with E-state index in [-0.39, 0.29) is 0 Å². The van der Waals surface area contributed by atoms with Crippen LogP contribution in [0.15, 0.2) is 213 Å². The van der Waals surface area contributed by atoms with Crippen LogP contribution < -0.4 is 0 Å². The first-order valence-electron chi connectivity index (χ1n) is 18.7. The van der Waals surface area contributed by atoms with E-state index >= 15 is 0 Å². The van der Waals surface area contributed by atoms with E-state index in [1.165, 1.54) is 38.9 Å². The molecule has 0 aliphatic heterocycles. The van der Waals surface area contributed by atoms with Crippen molar-refractivity contribution in [2.75, 3.05) is 0 Å². The molecule has 0 radical (unpaired) electrons. The number of fused-ring (bicyclic) bond motifs is 3. The molecule has 2 heterocycles. The highest BCUT2D eigenvalue weighted by Crippen LogP contribution is 2.56. The molecule has 1 aliphatic rings. The number of rotatable bonds is 7. The Balaban J connectivity index is 1.11. The summed E-state index contributed by atoms with van der Waals surface area (Å²) in [4.78, 5) is 14.7. The van der Waals surface area contributed by atoms with Gasteiger partial charge >= 0.3 is 0 Å². The summed E-state index contributed by atoms with van der Waals surface area (Å²) in [7, 11) is 0. The minimum Gasteiger partial charge on any atom is -0.264 e. The van der Waals surface area contributed by atoms with Crippen LogP contribution in [-0.2, 0) is 5.41 Å². The van der Waals surface area contributed by atoms with Gasteiger partial charge in [0.05, 0.1) is 16.8 Å². The zero-order valence-electron chi connectivity index (χ0n) is 30.0. The Morgan fingerprint density at radius 3 is 1.56 bits per heavy atom. The molecule has 3 nitrogen and oxygen atoms in total. The Bertz CT molecular complexity index is 2740. The predicted molar refractivity (Wildman–Crippen MR) is 224 cm³/mol. The molecule has 0 fully saturated rings. The van der Waals surface area contributed by atoms with Gasteiger partial charge in [-0.15, -0.1) is 0 Å². The van der Waals surface area contributed by atoms with Crippen molar-refractivity contribution in [2.45, 2.75) is 5.41 Å². The predicted octanol–water partition coefficient (Wildman–Crippen LogP) is 12.6. The molecule has 2 aromatic heterocycles. The third-order valence-electron chi connectivity index (χ3n) is 10.9. The molecule has 1 aliphatic carbocycles. The smallest absolute Gasteiger partial charge is 0.160 e. The Labute approximate surface area is 321 Å². The van der Waals surface area contributed by atoms with Gasteiger partial charge in [0.15, 0.2) is 5.82 Å². The van der Waals surface area contributed by atoms with Gasteiger partial charge in [0.1, 0.15) is 0 Å². The molecule has 0 unspecified atom stereocenters. The molecule has 55 heavy (non-hydrogen) atoms. The van der Waals surface area contributed by atoms with E-state index < -0.39 is 5.41 Å². The van der Waals surface area contributed by atoms with Gasteiger partial charge in [0.2, 0.25) is 0 Å². The average molecular weight is 702 g/mol. The van der Waals surface area contributed by atoms with Crippen molar-refractivity contribution in [2.24, 2.45) is 0 Å². The lowest BCUT2D eigenvalue weighted by Crippen LogP contribution is -2.28. The average Bonchev–Trinajstić information content (AvgIpc) is 3.58. The van der Waals surface area contributed by atoms with Gasteiger partial charge < -0.3 is 0 Å². The summed E-state index contributed by atoms with van der Waals surface area (Å²) in [6.07, 6.45) is 3.65. The fourth-order valence-electron chi connectivity index (χ4n) is 8.31. The first-order chi connectivity index (χ1) is 27.3. The van der Waals surface area contributed by atoms with Crippen molar-refractivity contribution in [1.82, 2.24) is 15.0 Å². The third-order valence-corrected chi connectivity index (χ3v) is 10.9. The maximum Gasteiger partial charge on any atom is 0.160 e. The Kier molecular flexibility index (Phi) is 8.04. The van der Waals surface area contributed by atoms with E-state index in [4.69, 9.17) is 9.97 Å². The maximum absolute atomic E-state index is 5.19. The van der Waals surface area contributed by atoms with Crippen LogP contribution >= 0.6 is 0 Å². The van der Waals surface area contributed by atoms with Crippen molar-refractivity contribution in [3.63, 3.8) is 0 Å². The lowest BCUT2D eigenvalue weighted by Gasteiger charge is -2.34. The first-order valence-corrected chi connectivity index (χ1v) is 18.7. The summed E-state index contributed by atoms with van der Waals surface area (Å²) in [6, 6.07) is 71.5. The second kappa shape index (κ2) is 13.6. The van der Waals surface area contributed by atoms with Crippen LogP contribution in [0.1, 0.15) is 22.3 Å². The van der Waals surface area contributed by atoms with Crippen LogP contribution in [0.3, 0.4) is 0 Å². The van der Waals surface area contributed by atoms with E-state index in [0.717, 1.165) is 44.8 Å². The van der Waals surface area contributed by atoms with E-state index in [0.29, 0.717) is 5.82 Å². The van der Waals surface area contributed by atoms with Gasteiger partial charge in [-0.1, -0.05) is 170 Å². The SMILES string of the molecule is c1ccc(-c2ccc(-c3nc(-c4cccnc4)cc(-c4cccc(-c5ccc6c(c5)C(c5ccccc5)(c5ccccc5)c5ccccc5-6)c4)n3)cc2)cc1. The molecular weight excluding hydrogens is 667 g/mol. The summed E-state index contributed by atoms with van der Waals surface area (Å²) in [5.41, 5.74) is 16.4. The fraction of sp³-hybridized carbons (Fsp3) is 0.0192. The van der Waals surface area contributed by atoms with E-state index in [1.807, 2.05) is 24.4 Å². The standard InChI is InChI=1S/C52H35N3/c1-4-14-36(15-5-1)37-25-27-38(28-26-37)51-54-49(34-50(55-51)42-18-13-31-53-35-42)41-17-12-16-39(32-41)40-29-30-46-45-23-10-11-24-47(45)52(48(46)33-40,43-19-6-2-7-20-43)44-21-8-3-9-22-44/h1-35H. The van der Waals surface area contributed by atoms with Crippen LogP contribution in [0.25, 0.3) is 67.3 Å². The van der Waals surface area contributed by atoms with Gasteiger partial charge in [-0.2, -0.15) is 0 Å². The Morgan fingerprint density at radius 1 is 0.327 bits per heavy atom. The molecule has 0 saturated heterocycles. The minimum absolute atomic E-state index is 0.460. The lowest BCUT2D eigenvalue weighted by atomic mass is 9.67. The summed E-state index contributed by atoms with van der Waals surface area (Å²) in [5, 5.41) is 0. The highest BCUT2D eigenvalue weighted by atomic mass is 14.9. The Morgan fingerprint density at radius 2 is 0.855 bits per heavy atom. The third kappa shape index (κ3) is 5.65. The zero-order chi connectivity index (χ0) is 36.6. The van der Waals surface area contributed by atoms with Gasteiger partial charge in [-0.05, 0) is 86.0 Å². The Hall–Kier alpha value is -7.23. The van der Waals surface area contributed by atoms with Crippen LogP contribution in [0.5, 0.6) is 0 Å².